The molecule has 2 aromatic heterocycles. The average Bonchev–Trinajstić information content (AvgIpc) is 2.87. The molecular weight excluding hydrogens is 416 g/mol. The van der Waals surface area contributed by atoms with Gasteiger partial charge in [-0.05, 0) is 52.0 Å². The van der Waals surface area contributed by atoms with Crippen LogP contribution in [-0.4, -0.2) is 20.4 Å². The Bertz CT molecular complexity index is 1130. The van der Waals surface area contributed by atoms with Gasteiger partial charge in [-0.25, -0.2) is 4.98 Å². The summed E-state index contributed by atoms with van der Waals surface area (Å²) >= 11 is 3.44. The quantitative estimate of drug-likeness (QED) is 0.514. The summed E-state index contributed by atoms with van der Waals surface area (Å²) in [6.45, 7) is 14.6. The fraction of sp³-hybridized carbons (Fsp3) is 0.409. The zero-order chi connectivity index (χ0) is 20.8. The molecule has 0 aliphatic carbocycles. The van der Waals surface area contributed by atoms with E-state index in [2.05, 4.69) is 59.4 Å². The molecule has 0 N–H and O–H groups in total. The second-order valence-corrected chi connectivity index (χ2v) is 9.41. The van der Waals surface area contributed by atoms with Crippen molar-refractivity contribution in [3.63, 3.8) is 0 Å². The summed E-state index contributed by atoms with van der Waals surface area (Å²) in [5, 5.41) is 5.13. The van der Waals surface area contributed by atoms with E-state index in [9.17, 15) is 4.79 Å². The fourth-order valence-corrected chi connectivity index (χ4v) is 3.95. The predicted molar refractivity (Wildman–Crippen MR) is 120 cm³/mol. The molecule has 148 valence electrons. The number of nitrogens with zero attached hydrogens (tertiary/aromatic N) is 4. The maximum absolute atomic E-state index is 13.2. The molecule has 1 aromatic carbocycles. The Balaban J connectivity index is 2.22. The second-order valence-electron chi connectivity index (χ2n) is 8.50. The van der Waals surface area contributed by atoms with Crippen LogP contribution in [0.15, 0.2) is 38.6 Å². The minimum Gasteiger partial charge on any atom is -0.346 e. The van der Waals surface area contributed by atoms with Crippen molar-refractivity contribution in [3.8, 4) is 0 Å². The van der Waals surface area contributed by atoms with Crippen molar-refractivity contribution in [2.24, 2.45) is 5.10 Å². The summed E-state index contributed by atoms with van der Waals surface area (Å²) in [5.41, 5.74) is 3.52. The Morgan fingerprint density at radius 1 is 1.18 bits per heavy atom. The van der Waals surface area contributed by atoms with Gasteiger partial charge in [0.05, 0.1) is 17.1 Å². The lowest BCUT2D eigenvalue weighted by Gasteiger charge is -2.20. The molecule has 0 aliphatic heterocycles. The molecule has 3 rings (SSSR count). The molecule has 0 radical (unpaired) electrons. The van der Waals surface area contributed by atoms with E-state index in [0.29, 0.717) is 22.8 Å². The number of aromatic nitrogens is 3. The first-order valence-electron chi connectivity index (χ1n) is 9.46. The number of fused-ring (bicyclic) bond motifs is 1. The molecule has 0 spiro atoms. The largest absolute Gasteiger partial charge is 0.346 e. The topological polar surface area (TPSA) is 52.2 Å². The fourth-order valence-electron chi connectivity index (χ4n) is 3.59. The van der Waals surface area contributed by atoms with Crippen LogP contribution in [0, 0.1) is 13.8 Å². The van der Waals surface area contributed by atoms with Crippen LogP contribution < -0.4 is 5.56 Å². The Morgan fingerprint density at radius 2 is 1.86 bits per heavy atom. The number of rotatable bonds is 3. The molecule has 0 fully saturated rings. The molecule has 6 heteroatoms. The lowest BCUT2D eigenvalue weighted by molar-refractivity contribution is 0.506. The highest BCUT2D eigenvalue weighted by atomic mass is 79.9. The number of aryl methyl sites for hydroxylation is 1. The standard InChI is InChI=1S/C22H27BrN4O/c1-13(2)26-14(3)10-16(15(26)4)12-24-27-20(28)18-11-17(23)8-9-19(18)25-21(27)22(5,6)7/h8-13H,1-7H3. The van der Waals surface area contributed by atoms with E-state index in [1.54, 1.807) is 12.3 Å². The summed E-state index contributed by atoms with van der Waals surface area (Å²) < 4.78 is 4.55. The van der Waals surface area contributed by atoms with Crippen LogP contribution in [0.25, 0.3) is 10.9 Å². The van der Waals surface area contributed by atoms with Crippen LogP contribution >= 0.6 is 15.9 Å². The Kier molecular flexibility index (Phi) is 5.36. The Hall–Kier alpha value is -2.21. The Labute approximate surface area is 174 Å². The number of halogens is 1. The zero-order valence-electron chi connectivity index (χ0n) is 17.5. The van der Waals surface area contributed by atoms with Gasteiger partial charge in [0.1, 0.15) is 5.82 Å². The van der Waals surface area contributed by atoms with Gasteiger partial charge in [0.15, 0.2) is 0 Å². The van der Waals surface area contributed by atoms with E-state index < -0.39 is 0 Å². The molecule has 0 atom stereocenters. The van der Waals surface area contributed by atoms with Crippen molar-refractivity contribution in [3.05, 3.63) is 61.9 Å². The Morgan fingerprint density at radius 3 is 2.43 bits per heavy atom. The van der Waals surface area contributed by atoms with Crippen LogP contribution in [-0.2, 0) is 5.41 Å². The molecule has 0 bridgehead atoms. The van der Waals surface area contributed by atoms with Gasteiger partial charge in [-0.2, -0.15) is 9.78 Å². The SMILES string of the molecule is Cc1cc(C=Nn2c(C(C)(C)C)nc3ccc(Br)cc3c2=O)c(C)n1C(C)C. The molecule has 5 nitrogen and oxygen atoms in total. The normalized spacial score (nSPS) is 12.6. The average molecular weight is 443 g/mol. The van der Waals surface area contributed by atoms with Crippen LogP contribution in [0.1, 0.15) is 63.4 Å². The van der Waals surface area contributed by atoms with Gasteiger partial charge >= 0.3 is 0 Å². The third kappa shape index (κ3) is 3.70. The van der Waals surface area contributed by atoms with Gasteiger partial charge in [-0.15, -0.1) is 0 Å². The van der Waals surface area contributed by atoms with E-state index in [1.807, 2.05) is 32.9 Å². The highest BCUT2D eigenvalue weighted by molar-refractivity contribution is 9.10. The monoisotopic (exact) mass is 442 g/mol. The molecule has 2 heterocycles. The molecule has 0 unspecified atom stereocenters. The van der Waals surface area contributed by atoms with Gasteiger partial charge in [-0.3, -0.25) is 4.79 Å². The first kappa shape index (κ1) is 20.5. The molecule has 0 saturated carbocycles. The molecule has 28 heavy (non-hydrogen) atoms. The van der Waals surface area contributed by atoms with E-state index >= 15 is 0 Å². The maximum Gasteiger partial charge on any atom is 0.282 e. The lowest BCUT2D eigenvalue weighted by Crippen LogP contribution is -2.29. The van der Waals surface area contributed by atoms with Crippen LogP contribution in [0.5, 0.6) is 0 Å². The third-order valence-electron chi connectivity index (χ3n) is 4.83. The van der Waals surface area contributed by atoms with Gasteiger partial charge in [0.25, 0.3) is 5.56 Å². The predicted octanol–water partition coefficient (Wildman–Crippen LogP) is 5.34. The molecule has 3 aromatic rings. The molecule has 0 aliphatic rings. The van der Waals surface area contributed by atoms with Crippen LogP contribution in [0.3, 0.4) is 0 Å². The third-order valence-corrected chi connectivity index (χ3v) is 5.32. The smallest absolute Gasteiger partial charge is 0.282 e. The number of hydrogen-bond donors (Lipinski definition) is 0. The minimum atomic E-state index is -0.327. The van der Waals surface area contributed by atoms with E-state index in [-0.39, 0.29) is 11.0 Å². The van der Waals surface area contributed by atoms with Crippen LogP contribution in [0.2, 0.25) is 0 Å². The summed E-state index contributed by atoms with van der Waals surface area (Å²) in [5.74, 6) is 0.640. The van der Waals surface area contributed by atoms with E-state index in [1.165, 1.54) is 10.4 Å². The van der Waals surface area contributed by atoms with E-state index in [0.717, 1.165) is 15.7 Å². The van der Waals surface area contributed by atoms with Gasteiger partial charge in [-0.1, -0.05) is 36.7 Å². The van der Waals surface area contributed by atoms with Crippen molar-refractivity contribution in [2.45, 2.75) is 59.9 Å². The zero-order valence-corrected chi connectivity index (χ0v) is 19.1. The van der Waals surface area contributed by atoms with Crippen molar-refractivity contribution in [2.75, 3.05) is 0 Å². The summed E-state index contributed by atoms with van der Waals surface area (Å²) in [6, 6.07) is 8.03. The molecule has 0 saturated heterocycles. The summed E-state index contributed by atoms with van der Waals surface area (Å²) in [6.07, 6.45) is 1.77. The van der Waals surface area contributed by atoms with Crippen LogP contribution in [0.4, 0.5) is 0 Å². The number of benzene rings is 1. The molecular formula is C22H27BrN4O. The lowest BCUT2D eigenvalue weighted by atomic mass is 9.95. The first-order chi connectivity index (χ1) is 13.0. The van der Waals surface area contributed by atoms with Crippen molar-refractivity contribution in [1.29, 1.82) is 0 Å². The second kappa shape index (κ2) is 7.32. The summed E-state index contributed by atoms with van der Waals surface area (Å²) in [4.78, 5) is 18.0. The highest BCUT2D eigenvalue weighted by Gasteiger charge is 2.23. The van der Waals surface area contributed by atoms with Gasteiger partial charge in [0, 0.05) is 32.9 Å². The van der Waals surface area contributed by atoms with Crippen molar-refractivity contribution < 1.29 is 0 Å². The highest BCUT2D eigenvalue weighted by Crippen LogP contribution is 2.23. The van der Waals surface area contributed by atoms with Gasteiger partial charge in [0.2, 0.25) is 0 Å². The minimum absolute atomic E-state index is 0.162. The van der Waals surface area contributed by atoms with Crippen molar-refractivity contribution >= 4 is 33.0 Å². The van der Waals surface area contributed by atoms with E-state index in [4.69, 9.17) is 4.98 Å². The first-order valence-corrected chi connectivity index (χ1v) is 10.3. The number of hydrogen-bond acceptors (Lipinski definition) is 3. The van der Waals surface area contributed by atoms with Gasteiger partial charge < -0.3 is 4.57 Å². The maximum atomic E-state index is 13.2. The summed E-state index contributed by atoms with van der Waals surface area (Å²) in [7, 11) is 0. The molecule has 0 amide bonds. The van der Waals surface area contributed by atoms with Crippen molar-refractivity contribution in [1.82, 2.24) is 14.2 Å².